The Bertz CT molecular complexity index is 794. The van der Waals surface area contributed by atoms with Crippen molar-refractivity contribution in [3.8, 4) is 0 Å². The SMILES string of the molecule is CC1(C)C2=C(CC(c3ccccc3)C(N)=C2)c2ccccc21. The molecular weight excluding hydrogens is 266 g/mol. The van der Waals surface area contributed by atoms with Gasteiger partial charge >= 0.3 is 0 Å². The van der Waals surface area contributed by atoms with Gasteiger partial charge in [0.15, 0.2) is 0 Å². The first-order valence-electron chi connectivity index (χ1n) is 7.94. The van der Waals surface area contributed by atoms with E-state index in [1.807, 2.05) is 0 Å². The Morgan fingerprint density at radius 2 is 1.64 bits per heavy atom. The highest BCUT2D eigenvalue weighted by Gasteiger charge is 2.39. The van der Waals surface area contributed by atoms with Crippen LogP contribution in [0.2, 0.25) is 0 Å². The maximum atomic E-state index is 6.45. The molecule has 0 bridgehead atoms. The van der Waals surface area contributed by atoms with Crippen LogP contribution in [0.4, 0.5) is 0 Å². The summed E-state index contributed by atoms with van der Waals surface area (Å²) < 4.78 is 0. The number of hydrogen-bond acceptors (Lipinski definition) is 1. The fourth-order valence-corrected chi connectivity index (χ4v) is 4.03. The van der Waals surface area contributed by atoms with Crippen molar-refractivity contribution in [1.29, 1.82) is 0 Å². The van der Waals surface area contributed by atoms with E-state index in [9.17, 15) is 0 Å². The van der Waals surface area contributed by atoms with Crippen LogP contribution in [0.5, 0.6) is 0 Å². The molecule has 2 aliphatic rings. The summed E-state index contributed by atoms with van der Waals surface area (Å²) in [7, 11) is 0. The lowest BCUT2D eigenvalue weighted by atomic mass is 9.77. The maximum absolute atomic E-state index is 6.45. The number of benzene rings is 2. The average Bonchev–Trinajstić information content (AvgIpc) is 2.76. The largest absolute Gasteiger partial charge is 0.402 e. The van der Waals surface area contributed by atoms with Crippen LogP contribution in [-0.2, 0) is 5.41 Å². The third kappa shape index (κ3) is 1.78. The molecule has 2 N–H and O–H groups in total. The smallest absolute Gasteiger partial charge is 0.0276 e. The van der Waals surface area contributed by atoms with Gasteiger partial charge in [0.2, 0.25) is 0 Å². The van der Waals surface area contributed by atoms with Gasteiger partial charge in [-0.15, -0.1) is 0 Å². The van der Waals surface area contributed by atoms with Crippen LogP contribution in [0.3, 0.4) is 0 Å². The molecular formula is C21H21N. The monoisotopic (exact) mass is 287 g/mol. The van der Waals surface area contributed by atoms with Gasteiger partial charge in [-0.05, 0) is 40.3 Å². The lowest BCUT2D eigenvalue weighted by Crippen LogP contribution is -2.21. The maximum Gasteiger partial charge on any atom is 0.0276 e. The zero-order valence-electron chi connectivity index (χ0n) is 13.1. The molecule has 0 saturated carbocycles. The summed E-state index contributed by atoms with van der Waals surface area (Å²) in [6.45, 7) is 4.61. The van der Waals surface area contributed by atoms with Gasteiger partial charge in [0.25, 0.3) is 0 Å². The van der Waals surface area contributed by atoms with E-state index in [1.165, 1.54) is 27.8 Å². The molecule has 0 amide bonds. The van der Waals surface area contributed by atoms with Crippen molar-refractivity contribution in [3.63, 3.8) is 0 Å². The number of fused-ring (bicyclic) bond motifs is 2. The molecule has 0 radical (unpaired) electrons. The molecule has 0 aromatic heterocycles. The summed E-state index contributed by atoms with van der Waals surface area (Å²) in [5, 5.41) is 0. The number of nitrogens with two attached hydrogens (primary N) is 1. The van der Waals surface area contributed by atoms with E-state index in [0.29, 0.717) is 5.92 Å². The second-order valence-corrected chi connectivity index (χ2v) is 6.87. The average molecular weight is 287 g/mol. The van der Waals surface area contributed by atoms with Crippen molar-refractivity contribution in [2.75, 3.05) is 0 Å². The molecule has 2 aromatic carbocycles. The molecule has 1 heteroatoms. The Hall–Kier alpha value is -2.28. The van der Waals surface area contributed by atoms with Crippen LogP contribution in [0.15, 0.2) is 71.9 Å². The summed E-state index contributed by atoms with van der Waals surface area (Å²) in [5.74, 6) is 0.293. The molecule has 1 unspecified atom stereocenters. The first-order valence-corrected chi connectivity index (χ1v) is 7.94. The molecule has 0 fully saturated rings. The minimum atomic E-state index is 0.0538. The standard InChI is InChI=1S/C21H21N/c1-21(2)18-11-7-6-10-15(18)17-12-16(20(22)13-19(17)21)14-8-4-3-5-9-14/h3-11,13,16H,12,22H2,1-2H3. The van der Waals surface area contributed by atoms with Crippen LogP contribution >= 0.6 is 0 Å². The molecule has 2 aromatic rings. The summed E-state index contributed by atoms with van der Waals surface area (Å²) in [4.78, 5) is 0. The van der Waals surface area contributed by atoms with Gasteiger partial charge in [-0.1, -0.05) is 68.4 Å². The van der Waals surface area contributed by atoms with Crippen molar-refractivity contribution >= 4 is 5.57 Å². The van der Waals surface area contributed by atoms with E-state index in [4.69, 9.17) is 5.73 Å². The fourth-order valence-electron chi connectivity index (χ4n) is 4.03. The van der Waals surface area contributed by atoms with Crippen molar-refractivity contribution in [2.45, 2.75) is 31.6 Å². The molecule has 0 saturated heterocycles. The van der Waals surface area contributed by atoms with Crippen LogP contribution in [0, 0.1) is 0 Å². The van der Waals surface area contributed by atoms with Crippen LogP contribution in [0.25, 0.3) is 5.57 Å². The molecule has 0 spiro atoms. The van der Waals surface area contributed by atoms with E-state index >= 15 is 0 Å². The Kier molecular flexibility index (Phi) is 2.80. The predicted molar refractivity (Wildman–Crippen MR) is 92.5 cm³/mol. The molecule has 0 aliphatic heterocycles. The summed E-state index contributed by atoms with van der Waals surface area (Å²) in [5.41, 5.74) is 14.5. The molecule has 0 heterocycles. The summed E-state index contributed by atoms with van der Waals surface area (Å²) >= 11 is 0. The molecule has 22 heavy (non-hydrogen) atoms. The van der Waals surface area contributed by atoms with Crippen molar-refractivity contribution < 1.29 is 0 Å². The van der Waals surface area contributed by atoms with Gasteiger partial charge in [-0.25, -0.2) is 0 Å². The quantitative estimate of drug-likeness (QED) is 0.804. The van der Waals surface area contributed by atoms with E-state index < -0.39 is 0 Å². The molecule has 110 valence electrons. The number of hydrogen-bond donors (Lipinski definition) is 1. The van der Waals surface area contributed by atoms with Crippen LogP contribution < -0.4 is 5.73 Å². The molecule has 2 aliphatic carbocycles. The Labute approximate surface area is 132 Å². The minimum absolute atomic E-state index is 0.0538. The third-order valence-corrected chi connectivity index (χ3v) is 5.25. The topological polar surface area (TPSA) is 26.0 Å². The van der Waals surface area contributed by atoms with Crippen LogP contribution in [-0.4, -0.2) is 0 Å². The van der Waals surface area contributed by atoms with Crippen molar-refractivity contribution in [3.05, 3.63) is 88.6 Å². The van der Waals surface area contributed by atoms with Gasteiger partial charge in [0.1, 0.15) is 0 Å². The lowest BCUT2D eigenvalue weighted by Gasteiger charge is -2.28. The highest BCUT2D eigenvalue weighted by Crippen LogP contribution is 2.52. The van der Waals surface area contributed by atoms with Gasteiger partial charge in [-0.3, -0.25) is 0 Å². The first kappa shape index (κ1) is 13.4. The van der Waals surface area contributed by atoms with E-state index in [0.717, 1.165) is 12.1 Å². The highest BCUT2D eigenvalue weighted by molar-refractivity contribution is 5.84. The van der Waals surface area contributed by atoms with E-state index in [1.54, 1.807) is 0 Å². The molecule has 1 atom stereocenters. The Morgan fingerprint density at radius 3 is 2.41 bits per heavy atom. The van der Waals surface area contributed by atoms with Crippen molar-refractivity contribution in [2.24, 2.45) is 5.73 Å². The number of rotatable bonds is 1. The zero-order valence-corrected chi connectivity index (χ0v) is 13.1. The second-order valence-electron chi connectivity index (χ2n) is 6.87. The highest BCUT2D eigenvalue weighted by atomic mass is 14.6. The Morgan fingerprint density at radius 1 is 0.955 bits per heavy atom. The normalized spacial score (nSPS) is 22.1. The number of allylic oxidation sites excluding steroid dienone is 4. The minimum Gasteiger partial charge on any atom is -0.402 e. The second kappa shape index (κ2) is 4.61. The predicted octanol–water partition coefficient (Wildman–Crippen LogP) is 4.76. The fraction of sp³-hybridized carbons (Fsp3) is 0.238. The van der Waals surface area contributed by atoms with E-state index in [2.05, 4.69) is 74.5 Å². The van der Waals surface area contributed by atoms with Gasteiger partial charge in [0, 0.05) is 17.0 Å². The first-order chi connectivity index (χ1) is 10.6. The zero-order chi connectivity index (χ0) is 15.3. The van der Waals surface area contributed by atoms with Gasteiger partial charge in [0.05, 0.1) is 0 Å². The molecule has 1 nitrogen and oxygen atoms in total. The van der Waals surface area contributed by atoms with Crippen LogP contribution in [0.1, 0.15) is 42.9 Å². The van der Waals surface area contributed by atoms with Crippen molar-refractivity contribution in [1.82, 2.24) is 0 Å². The van der Waals surface area contributed by atoms with E-state index in [-0.39, 0.29) is 5.41 Å². The summed E-state index contributed by atoms with van der Waals surface area (Å²) in [6, 6.07) is 19.4. The van der Waals surface area contributed by atoms with Gasteiger partial charge < -0.3 is 5.73 Å². The summed E-state index contributed by atoms with van der Waals surface area (Å²) in [6.07, 6.45) is 3.23. The molecule has 4 rings (SSSR count). The lowest BCUT2D eigenvalue weighted by molar-refractivity contribution is 0.644. The van der Waals surface area contributed by atoms with Gasteiger partial charge in [-0.2, -0.15) is 0 Å². The Balaban J connectivity index is 1.84. The third-order valence-electron chi connectivity index (χ3n) is 5.25.